The van der Waals surface area contributed by atoms with Crippen LogP contribution in [-0.4, -0.2) is 34.4 Å². The van der Waals surface area contributed by atoms with Crippen molar-refractivity contribution in [3.63, 3.8) is 0 Å². The molecule has 0 saturated carbocycles. The third-order valence-electron chi connectivity index (χ3n) is 4.54. The lowest BCUT2D eigenvalue weighted by atomic mass is 10.1. The maximum atomic E-state index is 12.3. The molecule has 3 N–H and O–H groups in total. The number of para-hydroxylation sites is 1. The van der Waals surface area contributed by atoms with Gasteiger partial charge in [0.05, 0.1) is 17.5 Å². The summed E-state index contributed by atoms with van der Waals surface area (Å²) in [6, 6.07) is 9.98. The van der Waals surface area contributed by atoms with E-state index in [0.29, 0.717) is 13.1 Å². The molecule has 0 bridgehead atoms. The number of carbonyl (C=O) groups excluding carboxylic acids is 1. The predicted molar refractivity (Wildman–Crippen MR) is 91.8 cm³/mol. The van der Waals surface area contributed by atoms with Gasteiger partial charge in [0, 0.05) is 24.3 Å². The van der Waals surface area contributed by atoms with E-state index in [4.69, 9.17) is 10.5 Å². The average Bonchev–Trinajstić information content (AvgIpc) is 3.19. The summed E-state index contributed by atoms with van der Waals surface area (Å²) < 4.78 is 7.55. The van der Waals surface area contributed by atoms with Crippen LogP contribution in [0, 0.1) is 13.8 Å². The average molecular weight is 328 g/mol. The second-order valence-electron chi connectivity index (χ2n) is 6.17. The summed E-state index contributed by atoms with van der Waals surface area (Å²) >= 11 is 0. The summed E-state index contributed by atoms with van der Waals surface area (Å²) in [7, 11) is 0. The van der Waals surface area contributed by atoms with Crippen LogP contribution in [0.15, 0.2) is 30.3 Å². The van der Waals surface area contributed by atoms with Crippen LogP contribution in [-0.2, 0) is 16.1 Å². The first-order valence-corrected chi connectivity index (χ1v) is 8.34. The molecule has 6 nitrogen and oxygen atoms in total. The number of nitrogens with one attached hydrogen (secondary N) is 1. The van der Waals surface area contributed by atoms with Gasteiger partial charge in [0.1, 0.15) is 6.10 Å². The zero-order valence-electron chi connectivity index (χ0n) is 14.2. The Labute approximate surface area is 142 Å². The number of aromatic nitrogens is 2. The van der Waals surface area contributed by atoms with Crippen LogP contribution < -0.4 is 11.1 Å². The zero-order chi connectivity index (χ0) is 17.1. The van der Waals surface area contributed by atoms with Crippen LogP contribution in [0.3, 0.4) is 0 Å². The van der Waals surface area contributed by atoms with Gasteiger partial charge in [-0.1, -0.05) is 18.2 Å². The normalized spacial score (nSPS) is 20.3. The molecule has 1 aliphatic rings. The van der Waals surface area contributed by atoms with Gasteiger partial charge in [-0.2, -0.15) is 5.10 Å². The number of hydrogen-bond donors (Lipinski definition) is 2. The van der Waals surface area contributed by atoms with Crippen molar-refractivity contribution in [2.24, 2.45) is 5.73 Å². The van der Waals surface area contributed by atoms with Crippen LogP contribution in [0.5, 0.6) is 0 Å². The number of carbonyl (C=O) groups is 1. The third-order valence-corrected chi connectivity index (χ3v) is 4.54. The van der Waals surface area contributed by atoms with E-state index in [-0.39, 0.29) is 18.1 Å². The molecule has 24 heavy (non-hydrogen) atoms. The van der Waals surface area contributed by atoms with E-state index in [2.05, 4.69) is 10.4 Å². The summed E-state index contributed by atoms with van der Waals surface area (Å²) in [6.45, 7) is 4.90. The molecular weight excluding hydrogens is 304 g/mol. The Kier molecular flexibility index (Phi) is 4.97. The van der Waals surface area contributed by atoms with Gasteiger partial charge in [-0.25, -0.2) is 4.68 Å². The number of amides is 1. The fourth-order valence-corrected chi connectivity index (χ4v) is 3.11. The quantitative estimate of drug-likeness (QED) is 0.874. The Balaban J connectivity index is 1.68. The SMILES string of the molecule is Cc1nn(-c2ccccc2)c(C)c1CNC(=O)[C@@H]1CC[C@H](CN)O1. The first kappa shape index (κ1) is 16.7. The number of benzene rings is 1. The van der Waals surface area contributed by atoms with Crippen LogP contribution in [0.25, 0.3) is 5.69 Å². The number of rotatable bonds is 5. The van der Waals surface area contributed by atoms with Crippen molar-refractivity contribution in [2.75, 3.05) is 6.54 Å². The molecule has 0 unspecified atom stereocenters. The Hall–Kier alpha value is -2.18. The molecule has 2 atom stereocenters. The minimum absolute atomic E-state index is 0.00468. The van der Waals surface area contributed by atoms with Gasteiger partial charge < -0.3 is 15.8 Å². The van der Waals surface area contributed by atoms with Crippen molar-refractivity contribution in [3.05, 3.63) is 47.3 Å². The molecule has 1 aromatic carbocycles. The number of hydrogen-bond acceptors (Lipinski definition) is 4. The largest absolute Gasteiger partial charge is 0.364 e. The summed E-state index contributed by atoms with van der Waals surface area (Å²) in [5.41, 5.74) is 9.60. The molecule has 2 heterocycles. The zero-order valence-corrected chi connectivity index (χ0v) is 14.2. The Morgan fingerprint density at radius 2 is 2.08 bits per heavy atom. The molecule has 1 fully saturated rings. The Morgan fingerprint density at radius 3 is 2.75 bits per heavy atom. The van der Waals surface area contributed by atoms with E-state index in [9.17, 15) is 4.79 Å². The lowest BCUT2D eigenvalue weighted by Gasteiger charge is -2.13. The maximum Gasteiger partial charge on any atom is 0.249 e. The van der Waals surface area contributed by atoms with Crippen molar-refractivity contribution in [3.8, 4) is 5.69 Å². The molecule has 1 saturated heterocycles. The minimum atomic E-state index is -0.386. The van der Waals surface area contributed by atoms with Gasteiger partial charge in [-0.05, 0) is 38.8 Å². The van der Waals surface area contributed by atoms with E-state index in [1.807, 2.05) is 48.9 Å². The fraction of sp³-hybridized carbons (Fsp3) is 0.444. The topological polar surface area (TPSA) is 82.2 Å². The molecular formula is C18H24N4O2. The molecule has 0 radical (unpaired) electrons. The summed E-state index contributed by atoms with van der Waals surface area (Å²) in [5, 5.41) is 7.57. The lowest BCUT2D eigenvalue weighted by molar-refractivity contribution is -0.132. The maximum absolute atomic E-state index is 12.3. The molecule has 0 spiro atoms. The molecule has 0 aliphatic carbocycles. The standard InChI is InChI=1S/C18H24N4O2/c1-12-16(11-20-18(23)17-9-8-15(10-19)24-17)13(2)22(21-12)14-6-4-3-5-7-14/h3-7,15,17H,8-11,19H2,1-2H3,(H,20,23)/t15-,17+/m1/s1. The van der Waals surface area contributed by atoms with Crippen molar-refractivity contribution in [1.82, 2.24) is 15.1 Å². The highest BCUT2D eigenvalue weighted by molar-refractivity contribution is 5.81. The number of ether oxygens (including phenoxy) is 1. The Bertz CT molecular complexity index is 711. The van der Waals surface area contributed by atoms with Gasteiger partial charge in [-0.15, -0.1) is 0 Å². The number of nitrogens with zero attached hydrogens (tertiary/aromatic N) is 2. The molecule has 128 valence electrons. The second kappa shape index (κ2) is 7.15. The van der Waals surface area contributed by atoms with E-state index in [1.165, 1.54) is 0 Å². The highest BCUT2D eigenvalue weighted by atomic mass is 16.5. The third kappa shape index (κ3) is 3.34. The number of aryl methyl sites for hydroxylation is 1. The summed E-state index contributed by atoms with van der Waals surface area (Å²) in [6.07, 6.45) is 1.20. The second-order valence-corrected chi connectivity index (χ2v) is 6.17. The van der Waals surface area contributed by atoms with Gasteiger partial charge in [0.25, 0.3) is 0 Å². The lowest BCUT2D eigenvalue weighted by Crippen LogP contribution is -2.35. The number of nitrogens with two attached hydrogens (primary N) is 1. The van der Waals surface area contributed by atoms with Crippen molar-refractivity contribution in [1.29, 1.82) is 0 Å². The highest BCUT2D eigenvalue weighted by Gasteiger charge is 2.29. The first-order valence-electron chi connectivity index (χ1n) is 8.34. The van der Waals surface area contributed by atoms with Gasteiger partial charge in [-0.3, -0.25) is 4.79 Å². The van der Waals surface area contributed by atoms with Gasteiger partial charge in [0.2, 0.25) is 5.91 Å². The molecule has 3 rings (SSSR count). The highest BCUT2D eigenvalue weighted by Crippen LogP contribution is 2.20. The predicted octanol–water partition coefficient (Wildman–Crippen LogP) is 1.61. The molecule has 6 heteroatoms. The van der Waals surface area contributed by atoms with Crippen molar-refractivity contribution in [2.45, 2.75) is 45.4 Å². The van der Waals surface area contributed by atoms with E-state index < -0.39 is 0 Å². The molecule has 1 aliphatic heterocycles. The van der Waals surface area contributed by atoms with Crippen LogP contribution >= 0.6 is 0 Å². The van der Waals surface area contributed by atoms with Crippen LogP contribution in [0.1, 0.15) is 29.8 Å². The van der Waals surface area contributed by atoms with E-state index in [1.54, 1.807) is 0 Å². The Morgan fingerprint density at radius 1 is 1.33 bits per heavy atom. The van der Waals surface area contributed by atoms with E-state index >= 15 is 0 Å². The molecule has 1 aromatic heterocycles. The fourth-order valence-electron chi connectivity index (χ4n) is 3.11. The smallest absolute Gasteiger partial charge is 0.249 e. The van der Waals surface area contributed by atoms with Crippen molar-refractivity contribution < 1.29 is 9.53 Å². The van der Waals surface area contributed by atoms with Gasteiger partial charge >= 0.3 is 0 Å². The van der Waals surface area contributed by atoms with Crippen LogP contribution in [0.2, 0.25) is 0 Å². The first-order chi connectivity index (χ1) is 11.6. The monoisotopic (exact) mass is 328 g/mol. The van der Waals surface area contributed by atoms with Crippen LogP contribution in [0.4, 0.5) is 0 Å². The summed E-state index contributed by atoms with van der Waals surface area (Å²) in [4.78, 5) is 12.3. The summed E-state index contributed by atoms with van der Waals surface area (Å²) in [5.74, 6) is -0.0720. The molecule has 1 amide bonds. The van der Waals surface area contributed by atoms with Gasteiger partial charge in [0.15, 0.2) is 0 Å². The molecule has 2 aromatic rings. The van der Waals surface area contributed by atoms with Crippen molar-refractivity contribution >= 4 is 5.91 Å². The van der Waals surface area contributed by atoms with E-state index in [0.717, 1.165) is 35.5 Å². The minimum Gasteiger partial charge on any atom is -0.364 e.